The molecule has 0 aromatic rings. The zero-order chi connectivity index (χ0) is 27.6. The van der Waals surface area contributed by atoms with Gasteiger partial charge in [-0.1, -0.05) is 72.8 Å². The number of allylic oxidation sites excluding steroid dienone is 5. The molecule has 4 rings (SSSR count). The van der Waals surface area contributed by atoms with Crippen LogP contribution >= 0.6 is 0 Å². The third-order valence-electron chi connectivity index (χ3n) is 11.9. The van der Waals surface area contributed by atoms with Gasteiger partial charge in [0.05, 0.1) is 5.92 Å². The number of carbonyl (C=O) groups is 2. The van der Waals surface area contributed by atoms with Gasteiger partial charge in [0.25, 0.3) is 0 Å². The molecule has 2 fully saturated rings. The van der Waals surface area contributed by atoms with Crippen molar-refractivity contribution in [1.29, 1.82) is 0 Å². The maximum atomic E-state index is 12.6. The highest BCUT2D eigenvalue weighted by molar-refractivity contribution is 5.71. The lowest BCUT2D eigenvalue weighted by molar-refractivity contribution is -0.165. The highest BCUT2D eigenvalue weighted by Crippen LogP contribution is 2.72. The van der Waals surface area contributed by atoms with E-state index in [4.69, 9.17) is 4.74 Å². The van der Waals surface area contributed by atoms with Crippen LogP contribution in [0.1, 0.15) is 107 Å². The zero-order valence-corrected chi connectivity index (χ0v) is 24.6. The molecule has 1 N–H and O–H groups in total. The summed E-state index contributed by atoms with van der Waals surface area (Å²) in [5, 5.41) is 10.4. The van der Waals surface area contributed by atoms with Crippen LogP contribution in [0.3, 0.4) is 0 Å². The second-order valence-corrected chi connectivity index (χ2v) is 14.3. The lowest BCUT2D eigenvalue weighted by atomic mass is 9.44. The SMILES string of the molecule is C=C(CC[C@H](C(=O)O)[C@@H]1CC[C@]2(C)C3=CC[C@@H]4C(C)(C)[C@H](OC(C)=O)CC[C@@]4(C)C3=CC[C@@]12C)C(C)C. The van der Waals surface area contributed by atoms with Crippen molar-refractivity contribution in [3.63, 3.8) is 0 Å². The van der Waals surface area contributed by atoms with Crippen LogP contribution in [0.15, 0.2) is 35.5 Å². The number of hydrogen-bond donors (Lipinski definition) is 1. The molecule has 0 heterocycles. The molecule has 0 bridgehead atoms. The van der Waals surface area contributed by atoms with Crippen LogP contribution in [0.5, 0.6) is 0 Å². The Kier molecular flexibility index (Phi) is 7.17. The Labute approximate surface area is 225 Å². The molecule has 0 aromatic heterocycles. The first-order valence-electron chi connectivity index (χ1n) is 14.6. The molecule has 0 aliphatic heterocycles. The lowest BCUT2D eigenvalue weighted by Gasteiger charge is -2.61. The molecule has 2 saturated carbocycles. The van der Waals surface area contributed by atoms with E-state index in [9.17, 15) is 14.7 Å². The molecular weight excluding hydrogens is 460 g/mol. The van der Waals surface area contributed by atoms with Crippen molar-refractivity contribution in [2.45, 2.75) is 113 Å². The minimum Gasteiger partial charge on any atom is -0.481 e. The Morgan fingerprint density at radius 3 is 2.35 bits per heavy atom. The average Bonchev–Trinajstić information content (AvgIpc) is 3.07. The number of ether oxygens (including phenoxy) is 1. The highest BCUT2D eigenvalue weighted by atomic mass is 16.5. The topological polar surface area (TPSA) is 63.6 Å². The zero-order valence-electron chi connectivity index (χ0n) is 24.6. The number of rotatable bonds is 7. The fourth-order valence-electron chi connectivity index (χ4n) is 9.20. The van der Waals surface area contributed by atoms with Crippen LogP contribution in [-0.4, -0.2) is 23.1 Å². The van der Waals surface area contributed by atoms with Gasteiger partial charge in [-0.15, -0.1) is 0 Å². The summed E-state index contributed by atoms with van der Waals surface area (Å²) in [4.78, 5) is 24.4. The van der Waals surface area contributed by atoms with Gasteiger partial charge in [-0.25, -0.2) is 0 Å². The summed E-state index contributed by atoms with van der Waals surface area (Å²) in [6.07, 6.45) is 12.3. The van der Waals surface area contributed by atoms with Crippen molar-refractivity contribution < 1.29 is 19.4 Å². The van der Waals surface area contributed by atoms with Gasteiger partial charge in [-0.2, -0.15) is 0 Å². The Bertz CT molecular complexity index is 1030. The number of aliphatic carboxylic acids is 1. The second kappa shape index (κ2) is 9.42. The van der Waals surface area contributed by atoms with Gasteiger partial charge in [0.15, 0.2) is 0 Å². The van der Waals surface area contributed by atoms with E-state index in [0.29, 0.717) is 18.3 Å². The summed E-state index contributed by atoms with van der Waals surface area (Å²) in [7, 11) is 0. The van der Waals surface area contributed by atoms with E-state index in [0.717, 1.165) is 50.5 Å². The minimum atomic E-state index is -0.642. The van der Waals surface area contributed by atoms with Crippen LogP contribution < -0.4 is 0 Å². The summed E-state index contributed by atoms with van der Waals surface area (Å²) in [5.74, 6) is -0.196. The van der Waals surface area contributed by atoms with E-state index < -0.39 is 5.97 Å². The Balaban J connectivity index is 1.66. The van der Waals surface area contributed by atoms with E-state index in [2.05, 4.69) is 67.2 Å². The molecule has 0 radical (unpaired) electrons. The van der Waals surface area contributed by atoms with Gasteiger partial charge < -0.3 is 9.84 Å². The molecule has 4 nitrogen and oxygen atoms in total. The van der Waals surface area contributed by atoms with E-state index in [1.165, 1.54) is 18.1 Å². The number of carbonyl (C=O) groups excluding carboxylic acids is 1. The molecule has 0 saturated heterocycles. The number of fused-ring (bicyclic) bond motifs is 5. The molecule has 0 spiro atoms. The maximum Gasteiger partial charge on any atom is 0.306 e. The quantitative estimate of drug-likeness (QED) is 0.277. The molecule has 0 aromatic carbocycles. The van der Waals surface area contributed by atoms with Crippen molar-refractivity contribution in [3.05, 3.63) is 35.5 Å². The van der Waals surface area contributed by atoms with Crippen LogP contribution in [0.25, 0.3) is 0 Å². The predicted octanol–water partition coefficient (Wildman–Crippen LogP) is 8.14. The lowest BCUT2D eigenvalue weighted by Crippen LogP contribution is -2.55. The summed E-state index contributed by atoms with van der Waals surface area (Å²) in [6.45, 7) is 21.8. The first-order valence-corrected chi connectivity index (χ1v) is 14.6. The van der Waals surface area contributed by atoms with Gasteiger partial charge in [0, 0.05) is 12.3 Å². The van der Waals surface area contributed by atoms with E-state index in [-0.39, 0.29) is 45.6 Å². The molecule has 4 aliphatic rings. The third-order valence-corrected chi connectivity index (χ3v) is 11.9. The van der Waals surface area contributed by atoms with Crippen LogP contribution in [-0.2, 0) is 14.3 Å². The van der Waals surface area contributed by atoms with Gasteiger partial charge in [-0.05, 0) is 96.5 Å². The van der Waals surface area contributed by atoms with E-state index in [1.807, 2.05) is 0 Å². The normalized spacial score (nSPS) is 39.0. The highest BCUT2D eigenvalue weighted by Gasteiger charge is 2.64. The van der Waals surface area contributed by atoms with Gasteiger partial charge in [0.1, 0.15) is 6.10 Å². The number of esters is 1. The van der Waals surface area contributed by atoms with Crippen molar-refractivity contribution >= 4 is 11.9 Å². The van der Waals surface area contributed by atoms with Crippen molar-refractivity contribution in [3.8, 4) is 0 Å². The van der Waals surface area contributed by atoms with Crippen LogP contribution in [0.2, 0.25) is 0 Å². The molecule has 4 heteroatoms. The van der Waals surface area contributed by atoms with Crippen LogP contribution in [0, 0.1) is 45.3 Å². The fraction of sp³-hybridized carbons (Fsp3) is 0.758. The number of carboxylic acid groups (broad SMARTS) is 1. The first kappa shape index (κ1) is 28.2. The van der Waals surface area contributed by atoms with E-state index in [1.54, 1.807) is 0 Å². The maximum absolute atomic E-state index is 12.6. The smallest absolute Gasteiger partial charge is 0.306 e. The monoisotopic (exact) mass is 510 g/mol. The summed E-state index contributed by atoms with van der Waals surface area (Å²) in [6, 6.07) is 0. The average molecular weight is 511 g/mol. The molecular formula is C33H50O4. The summed E-state index contributed by atoms with van der Waals surface area (Å²) >= 11 is 0. The number of carboxylic acids is 1. The van der Waals surface area contributed by atoms with E-state index >= 15 is 0 Å². The standard InChI is InChI=1S/C33H50O4/c1-20(2)21(3)10-11-23(29(35)36)24-14-18-33(9)26-12-13-27-30(5,6)28(37-22(4)34)16-17-31(27,7)25(26)15-19-32(24,33)8/h12,15,20,23-24,27-28H,3,10-11,13-14,16-19H2,1-2,4-9H3,(H,35,36)/t23-,24-,27+,28+,31-,32-,33+/m0/s1. The summed E-state index contributed by atoms with van der Waals surface area (Å²) < 4.78 is 5.82. The second-order valence-electron chi connectivity index (χ2n) is 14.3. The Morgan fingerprint density at radius 2 is 1.76 bits per heavy atom. The third kappa shape index (κ3) is 4.25. The number of hydrogen-bond acceptors (Lipinski definition) is 3. The fourth-order valence-corrected chi connectivity index (χ4v) is 9.20. The van der Waals surface area contributed by atoms with Gasteiger partial charge in [-0.3, -0.25) is 9.59 Å². The molecule has 0 unspecified atom stereocenters. The largest absolute Gasteiger partial charge is 0.481 e. The van der Waals surface area contributed by atoms with Crippen LogP contribution in [0.4, 0.5) is 0 Å². The minimum absolute atomic E-state index is 0.0185. The van der Waals surface area contributed by atoms with Crippen molar-refractivity contribution in [1.82, 2.24) is 0 Å². The van der Waals surface area contributed by atoms with Gasteiger partial charge in [0.2, 0.25) is 0 Å². The van der Waals surface area contributed by atoms with Crippen molar-refractivity contribution in [2.75, 3.05) is 0 Å². The summed E-state index contributed by atoms with van der Waals surface area (Å²) in [5.41, 5.74) is 4.00. The molecule has 7 atom stereocenters. The predicted molar refractivity (Wildman–Crippen MR) is 149 cm³/mol. The van der Waals surface area contributed by atoms with Crippen molar-refractivity contribution in [2.24, 2.45) is 45.3 Å². The Morgan fingerprint density at radius 1 is 1.08 bits per heavy atom. The first-order chi connectivity index (χ1) is 17.1. The molecule has 37 heavy (non-hydrogen) atoms. The Hall–Kier alpha value is -1.84. The molecule has 4 aliphatic carbocycles. The molecule has 0 amide bonds. The molecule has 206 valence electrons. The van der Waals surface area contributed by atoms with Gasteiger partial charge >= 0.3 is 11.9 Å².